The number of halogens is 1. The average molecular weight is 464 g/mol. The monoisotopic (exact) mass is 464 g/mol. The van der Waals surface area contributed by atoms with E-state index >= 15 is 0 Å². The Kier molecular flexibility index (Phi) is 10.9. The minimum atomic E-state index is 0. The van der Waals surface area contributed by atoms with Crippen LogP contribution in [0.15, 0.2) is 22.5 Å². The van der Waals surface area contributed by atoms with Crippen molar-refractivity contribution in [1.82, 2.24) is 15.5 Å². The predicted molar refractivity (Wildman–Crippen MR) is 117 cm³/mol. The topological polar surface area (TPSA) is 39.7 Å². The molecule has 1 saturated heterocycles. The molecule has 4 nitrogen and oxygen atoms in total. The van der Waals surface area contributed by atoms with E-state index in [4.69, 9.17) is 0 Å². The van der Waals surface area contributed by atoms with E-state index in [1.54, 1.807) is 0 Å². The Labute approximate surface area is 168 Å². The summed E-state index contributed by atoms with van der Waals surface area (Å²) in [5, 5.41) is 9.14. The van der Waals surface area contributed by atoms with Crippen molar-refractivity contribution in [3.8, 4) is 0 Å². The van der Waals surface area contributed by atoms with Crippen LogP contribution in [-0.2, 0) is 6.42 Å². The van der Waals surface area contributed by atoms with Gasteiger partial charge in [0.05, 0.1) is 0 Å². The molecule has 0 bridgehead atoms. The number of hydrogen-bond acceptors (Lipinski definition) is 3. The molecule has 2 N–H and O–H groups in total. The summed E-state index contributed by atoms with van der Waals surface area (Å²) >= 11 is 1.84. The van der Waals surface area contributed by atoms with Crippen LogP contribution in [0, 0.1) is 11.8 Å². The lowest BCUT2D eigenvalue weighted by molar-refractivity contribution is 0.183. The summed E-state index contributed by atoms with van der Waals surface area (Å²) in [7, 11) is 1.86. The van der Waals surface area contributed by atoms with Crippen LogP contribution >= 0.6 is 35.3 Å². The molecular formula is C18H33IN4S. The fraction of sp³-hybridized carbons (Fsp3) is 0.722. The Morgan fingerprint density at radius 1 is 1.46 bits per heavy atom. The third-order valence-electron chi connectivity index (χ3n) is 4.58. The maximum Gasteiger partial charge on any atom is 0.190 e. The van der Waals surface area contributed by atoms with Crippen LogP contribution in [-0.4, -0.2) is 50.6 Å². The lowest BCUT2D eigenvalue weighted by Gasteiger charge is -2.32. The van der Waals surface area contributed by atoms with Crippen LogP contribution in [0.2, 0.25) is 0 Å². The van der Waals surface area contributed by atoms with Crippen LogP contribution in [0.4, 0.5) is 0 Å². The van der Waals surface area contributed by atoms with Gasteiger partial charge < -0.3 is 15.5 Å². The Balaban J connectivity index is 0.00000288. The molecule has 6 heteroatoms. The summed E-state index contributed by atoms with van der Waals surface area (Å²) in [5.41, 5.74) is 0. The van der Waals surface area contributed by atoms with Crippen molar-refractivity contribution in [2.75, 3.05) is 39.8 Å². The van der Waals surface area contributed by atoms with Crippen LogP contribution in [0.3, 0.4) is 0 Å². The van der Waals surface area contributed by atoms with Crippen LogP contribution in [0.5, 0.6) is 0 Å². The molecule has 1 aromatic rings. The second kappa shape index (κ2) is 12.1. The van der Waals surface area contributed by atoms with Gasteiger partial charge in [-0.3, -0.25) is 4.99 Å². The lowest BCUT2D eigenvalue weighted by Crippen LogP contribution is -2.45. The molecule has 2 heterocycles. The molecule has 1 fully saturated rings. The van der Waals surface area contributed by atoms with E-state index in [1.807, 2.05) is 18.4 Å². The third kappa shape index (κ3) is 7.70. The van der Waals surface area contributed by atoms with Gasteiger partial charge in [-0.1, -0.05) is 19.9 Å². The predicted octanol–water partition coefficient (Wildman–Crippen LogP) is 3.44. The van der Waals surface area contributed by atoms with Gasteiger partial charge in [-0.2, -0.15) is 0 Å². The minimum Gasteiger partial charge on any atom is -0.356 e. The molecule has 1 aliphatic rings. The number of nitrogens with one attached hydrogen (secondary N) is 2. The molecule has 1 aliphatic heterocycles. The lowest BCUT2D eigenvalue weighted by atomic mass is 9.98. The normalized spacial score (nSPS) is 20.3. The Morgan fingerprint density at radius 2 is 2.29 bits per heavy atom. The molecule has 0 saturated carbocycles. The highest BCUT2D eigenvalue weighted by Crippen LogP contribution is 2.15. The van der Waals surface area contributed by atoms with Crippen LogP contribution < -0.4 is 10.6 Å². The Bertz CT molecular complexity index is 464. The summed E-state index contributed by atoms with van der Waals surface area (Å²) in [4.78, 5) is 8.38. The van der Waals surface area contributed by atoms with Gasteiger partial charge in [0.1, 0.15) is 0 Å². The summed E-state index contributed by atoms with van der Waals surface area (Å²) < 4.78 is 0. The zero-order valence-electron chi connectivity index (χ0n) is 15.3. The van der Waals surface area contributed by atoms with Gasteiger partial charge in [0.15, 0.2) is 5.96 Å². The van der Waals surface area contributed by atoms with Gasteiger partial charge in [0.25, 0.3) is 0 Å². The zero-order valence-corrected chi connectivity index (χ0v) is 18.4. The number of guanidine groups is 1. The highest BCUT2D eigenvalue weighted by Gasteiger charge is 2.18. The van der Waals surface area contributed by atoms with Gasteiger partial charge >= 0.3 is 0 Å². The van der Waals surface area contributed by atoms with Gasteiger partial charge in [0.2, 0.25) is 0 Å². The quantitative estimate of drug-likeness (QED) is 0.369. The fourth-order valence-corrected chi connectivity index (χ4v) is 4.05. The van der Waals surface area contributed by atoms with E-state index in [9.17, 15) is 0 Å². The SMILES string of the molecule is CCN1CCCC(CNC(=NC)NCC(C)Cc2cccs2)C1.I. The molecule has 2 atom stereocenters. The maximum atomic E-state index is 4.36. The van der Waals surface area contributed by atoms with Crippen LogP contribution in [0.25, 0.3) is 0 Å². The average Bonchev–Trinajstić information content (AvgIpc) is 3.08. The molecule has 0 radical (unpaired) electrons. The first-order valence-electron chi connectivity index (χ1n) is 8.90. The first kappa shape index (κ1) is 21.7. The highest BCUT2D eigenvalue weighted by molar-refractivity contribution is 14.0. The first-order chi connectivity index (χ1) is 11.2. The molecule has 0 spiro atoms. The van der Waals surface area contributed by atoms with E-state index in [1.165, 1.54) is 37.4 Å². The number of thiophene rings is 1. The molecular weight excluding hydrogens is 431 g/mol. The summed E-state index contributed by atoms with van der Waals surface area (Å²) in [6.45, 7) is 10.2. The van der Waals surface area contributed by atoms with E-state index < -0.39 is 0 Å². The summed E-state index contributed by atoms with van der Waals surface area (Å²) in [6.07, 6.45) is 3.79. The van der Waals surface area contributed by atoms with Crippen molar-refractivity contribution >= 4 is 41.3 Å². The van der Waals surface area contributed by atoms with Crippen molar-refractivity contribution in [3.63, 3.8) is 0 Å². The fourth-order valence-electron chi connectivity index (χ4n) is 3.18. The van der Waals surface area contributed by atoms with Gasteiger partial charge in [-0.15, -0.1) is 35.3 Å². The number of aliphatic imine (C=N–C) groups is 1. The van der Waals surface area contributed by atoms with Crippen molar-refractivity contribution in [2.45, 2.75) is 33.1 Å². The molecule has 1 aromatic heterocycles. The van der Waals surface area contributed by atoms with Crippen molar-refractivity contribution < 1.29 is 0 Å². The van der Waals surface area contributed by atoms with E-state index in [0.717, 1.165) is 31.4 Å². The van der Waals surface area contributed by atoms with E-state index in [-0.39, 0.29) is 24.0 Å². The molecule has 138 valence electrons. The van der Waals surface area contributed by atoms with Crippen molar-refractivity contribution in [1.29, 1.82) is 0 Å². The first-order valence-corrected chi connectivity index (χ1v) is 9.78. The summed E-state index contributed by atoms with van der Waals surface area (Å²) in [6, 6.07) is 4.35. The number of rotatable bonds is 7. The van der Waals surface area contributed by atoms with Gasteiger partial charge in [0, 0.05) is 31.6 Å². The molecule has 2 rings (SSSR count). The second-order valence-electron chi connectivity index (χ2n) is 6.62. The number of likely N-dealkylation sites (tertiary alicyclic amines) is 1. The van der Waals surface area contributed by atoms with E-state index in [0.29, 0.717) is 5.92 Å². The number of nitrogens with zero attached hydrogens (tertiary/aromatic N) is 2. The van der Waals surface area contributed by atoms with E-state index in [2.05, 4.69) is 51.9 Å². The van der Waals surface area contributed by atoms with Gasteiger partial charge in [-0.05, 0) is 55.6 Å². The van der Waals surface area contributed by atoms with Gasteiger partial charge in [-0.25, -0.2) is 0 Å². The van der Waals surface area contributed by atoms with Crippen molar-refractivity contribution in [3.05, 3.63) is 22.4 Å². The molecule has 24 heavy (non-hydrogen) atoms. The Morgan fingerprint density at radius 3 is 2.96 bits per heavy atom. The molecule has 2 unspecified atom stereocenters. The number of hydrogen-bond donors (Lipinski definition) is 2. The standard InChI is InChI=1S/C18H32N4S.HI/c1-4-22-9-5-7-16(14-22)13-21-18(19-3)20-12-15(2)11-17-8-6-10-23-17;/h6,8,10,15-16H,4-5,7,9,11-14H2,1-3H3,(H2,19,20,21);1H. The summed E-state index contributed by atoms with van der Waals surface area (Å²) in [5.74, 6) is 2.29. The highest BCUT2D eigenvalue weighted by atomic mass is 127. The minimum absolute atomic E-state index is 0. The van der Waals surface area contributed by atoms with Crippen molar-refractivity contribution in [2.24, 2.45) is 16.8 Å². The largest absolute Gasteiger partial charge is 0.356 e. The molecule has 0 aromatic carbocycles. The van der Waals surface area contributed by atoms with Crippen LogP contribution in [0.1, 0.15) is 31.6 Å². The molecule has 0 amide bonds. The Hall–Kier alpha value is -0.340. The zero-order chi connectivity index (χ0) is 16.5. The second-order valence-corrected chi connectivity index (χ2v) is 7.66. The molecule has 0 aliphatic carbocycles. The smallest absolute Gasteiger partial charge is 0.190 e. The third-order valence-corrected chi connectivity index (χ3v) is 5.48. The maximum absolute atomic E-state index is 4.36. The number of piperidine rings is 1.